The van der Waals surface area contributed by atoms with Crippen molar-refractivity contribution in [2.45, 2.75) is 32.9 Å². The Hall–Kier alpha value is -1.36. The van der Waals surface area contributed by atoms with Crippen LogP contribution >= 0.6 is 0 Å². The zero-order valence-corrected chi connectivity index (χ0v) is 8.48. The highest BCUT2D eigenvalue weighted by Gasteiger charge is 2.19. The maximum atomic E-state index is 10.8. The van der Waals surface area contributed by atoms with Crippen molar-refractivity contribution in [2.75, 3.05) is 0 Å². The van der Waals surface area contributed by atoms with Crippen molar-refractivity contribution in [2.24, 2.45) is 0 Å². The maximum Gasteiger partial charge on any atom is 0.354 e. The van der Waals surface area contributed by atoms with Crippen LogP contribution in [0, 0.1) is 6.92 Å². The van der Waals surface area contributed by atoms with E-state index < -0.39 is 11.6 Å². The van der Waals surface area contributed by atoms with Gasteiger partial charge in [0.25, 0.3) is 0 Å². The van der Waals surface area contributed by atoms with Crippen molar-refractivity contribution in [1.29, 1.82) is 0 Å². The molecule has 14 heavy (non-hydrogen) atoms. The van der Waals surface area contributed by atoms with E-state index in [-0.39, 0.29) is 12.2 Å². The third-order valence-corrected chi connectivity index (χ3v) is 1.66. The SMILES string of the molecule is Cc1cc(C(=O)O)n(CC(C)(C)O)n1. The molecule has 0 unspecified atom stereocenters. The van der Waals surface area contributed by atoms with Gasteiger partial charge < -0.3 is 10.2 Å². The fraction of sp³-hybridized carbons (Fsp3) is 0.556. The molecule has 0 atom stereocenters. The number of hydrogen-bond donors (Lipinski definition) is 2. The van der Waals surface area contributed by atoms with E-state index >= 15 is 0 Å². The molecule has 0 saturated heterocycles. The molecule has 0 aliphatic carbocycles. The van der Waals surface area contributed by atoms with Crippen LogP contribution in [-0.2, 0) is 6.54 Å². The molecule has 1 aromatic heterocycles. The zero-order valence-electron chi connectivity index (χ0n) is 8.48. The number of carbonyl (C=O) groups is 1. The molecule has 1 heterocycles. The minimum absolute atomic E-state index is 0.102. The van der Waals surface area contributed by atoms with Gasteiger partial charge in [0.05, 0.1) is 17.8 Å². The van der Waals surface area contributed by atoms with Crippen molar-refractivity contribution in [3.63, 3.8) is 0 Å². The predicted molar refractivity (Wildman–Crippen MR) is 50.2 cm³/mol. The number of nitrogens with zero attached hydrogens (tertiary/aromatic N) is 2. The van der Waals surface area contributed by atoms with Gasteiger partial charge in [0.1, 0.15) is 5.69 Å². The third kappa shape index (κ3) is 2.56. The van der Waals surface area contributed by atoms with Crippen LogP contribution in [0.15, 0.2) is 6.07 Å². The first-order chi connectivity index (χ1) is 6.29. The number of rotatable bonds is 3. The average Bonchev–Trinajstić information content (AvgIpc) is 2.27. The number of aromatic nitrogens is 2. The van der Waals surface area contributed by atoms with Crippen LogP contribution in [0.1, 0.15) is 30.0 Å². The number of carboxylic acids is 1. The lowest BCUT2D eigenvalue weighted by atomic mass is 10.1. The van der Waals surface area contributed by atoms with Gasteiger partial charge >= 0.3 is 5.97 Å². The van der Waals surface area contributed by atoms with Crippen molar-refractivity contribution in [3.8, 4) is 0 Å². The first kappa shape index (κ1) is 10.7. The molecule has 2 N–H and O–H groups in total. The van der Waals surface area contributed by atoms with E-state index in [1.807, 2.05) is 0 Å². The molecule has 0 radical (unpaired) electrons. The summed E-state index contributed by atoms with van der Waals surface area (Å²) in [6.45, 7) is 5.10. The monoisotopic (exact) mass is 198 g/mol. The molecule has 78 valence electrons. The Labute approximate surface area is 82.0 Å². The van der Waals surface area contributed by atoms with Gasteiger partial charge in [-0.15, -0.1) is 0 Å². The normalized spacial score (nSPS) is 11.7. The molecule has 0 bridgehead atoms. The smallest absolute Gasteiger partial charge is 0.354 e. The van der Waals surface area contributed by atoms with Crippen LogP contribution < -0.4 is 0 Å². The van der Waals surface area contributed by atoms with Crippen LogP contribution in [0.25, 0.3) is 0 Å². The molecule has 0 saturated carbocycles. The molecule has 0 fully saturated rings. The summed E-state index contributed by atoms with van der Waals surface area (Å²) >= 11 is 0. The summed E-state index contributed by atoms with van der Waals surface area (Å²) in [7, 11) is 0. The summed E-state index contributed by atoms with van der Waals surface area (Å²) < 4.78 is 1.30. The molecule has 0 aliphatic rings. The average molecular weight is 198 g/mol. The summed E-state index contributed by atoms with van der Waals surface area (Å²) in [4.78, 5) is 10.8. The molecule has 1 aromatic rings. The van der Waals surface area contributed by atoms with Gasteiger partial charge in [0.15, 0.2) is 0 Å². The standard InChI is InChI=1S/C9H14N2O3/c1-6-4-7(8(12)13)11(10-6)5-9(2,3)14/h4,14H,5H2,1-3H3,(H,12,13). The second-order valence-corrected chi connectivity index (χ2v) is 3.95. The van der Waals surface area contributed by atoms with Crippen LogP contribution in [0.2, 0.25) is 0 Å². The van der Waals surface area contributed by atoms with Crippen LogP contribution in [0.3, 0.4) is 0 Å². The number of hydrogen-bond acceptors (Lipinski definition) is 3. The van der Waals surface area contributed by atoms with Gasteiger partial charge in [-0.3, -0.25) is 4.68 Å². The van der Waals surface area contributed by atoms with Crippen molar-refractivity contribution < 1.29 is 15.0 Å². The minimum Gasteiger partial charge on any atom is -0.477 e. The highest BCUT2D eigenvalue weighted by atomic mass is 16.4. The van der Waals surface area contributed by atoms with Crippen molar-refractivity contribution >= 4 is 5.97 Å². The fourth-order valence-corrected chi connectivity index (χ4v) is 1.20. The summed E-state index contributed by atoms with van der Waals surface area (Å²) in [5, 5.41) is 22.4. The molecule has 0 amide bonds. The summed E-state index contributed by atoms with van der Waals surface area (Å²) in [5.41, 5.74) is -0.237. The number of carboxylic acid groups (broad SMARTS) is 1. The number of aromatic carboxylic acids is 1. The Morgan fingerprint density at radius 1 is 1.64 bits per heavy atom. The number of aryl methyl sites for hydroxylation is 1. The van der Waals surface area contributed by atoms with Gasteiger partial charge in [-0.25, -0.2) is 4.79 Å². The lowest BCUT2D eigenvalue weighted by Gasteiger charge is -2.17. The lowest BCUT2D eigenvalue weighted by molar-refractivity contribution is 0.0531. The zero-order chi connectivity index (χ0) is 10.9. The quantitative estimate of drug-likeness (QED) is 0.748. The largest absolute Gasteiger partial charge is 0.477 e. The van der Waals surface area contributed by atoms with Gasteiger partial charge in [0.2, 0.25) is 0 Å². The van der Waals surface area contributed by atoms with Crippen molar-refractivity contribution in [3.05, 3.63) is 17.5 Å². The van der Waals surface area contributed by atoms with E-state index in [0.29, 0.717) is 5.69 Å². The predicted octanol–water partition coefficient (Wildman–Crippen LogP) is 0.661. The topological polar surface area (TPSA) is 75.3 Å². The first-order valence-electron chi connectivity index (χ1n) is 4.30. The van der Waals surface area contributed by atoms with Crippen LogP contribution in [0.4, 0.5) is 0 Å². The Bertz CT molecular complexity index is 349. The second-order valence-electron chi connectivity index (χ2n) is 3.95. The van der Waals surface area contributed by atoms with E-state index in [4.69, 9.17) is 5.11 Å². The molecule has 0 aromatic carbocycles. The van der Waals surface area contributed by atoms with Gasteiger partial charge in [0, 0.05) is 0 Å². The van der Waals surface area contributed by atoms with E-state index in [1.54, 1.807) is 20.8 Å². The van der Waals surface area contributed by atoms with E-state index in [2.05, 4.69) is 5.10 Å². The highest BCUT2D eigenvalue weighted by Crippen LogP contribution is 2.10. The van der Waals surface area contributed by atoms with E-state index in [9.17, 15) is 9.90 Å². The third-order valence-electron chi connectivity index (χ3n) is 1.66. The summed E-state index contributed by atoms with van der Waals surface area (Å²) in [6.07, 6.45) is 0. The Balaban J connectivity index is 3.02. The summed E-state index contributed by atoms with van der Waals surface area (Å²) in [6, 6.07) is 1.48. The number of aliphatic hydroxyl groups is 1. The van der Waals surface area contributed by atoms with Gasteiger partial charge in [-0.05, 0) is 26.8 Å². The van der Waals surface area contributed by atoms with Crippen molar-refractivity contribution in [1.82, 2.24) is 9.78 Å². The van der Waals surface area contributed by atoms with Gasteiger partial charge in [-0.1, -0.05) is 0 Å². The molecule has 5 heteroatoms. The molecule has 5 nitrogen and oxygen atoms in total. The van der Waals surface area contributed by atoms with E-state index in [1.165, 1.54) is 10.7 Å². The molecule has 1 rings (SSSR count). The Morgan fingerprint density at radius 2 is 2.21 bits per heavy atom. The van der Waals surface area contributed by atoms with E-state index in [0.717, 1.165) is 0 Å². The van der Waals surface area contributed by atoms with Gasteiger partial charge in [-0.2, -0.15) is 5.10 Å². The Kier molecular flexibility index (Phi) is 2.62. The molecule has 0 aliphatic heterocycles. The molecule has 0 spiro atoms. The fourth-order valence-electron chi connectivity index (χ4n) is 1.20. The Morgan fingerprint density at radius 3 is 2.64 bits per heavy atom. The molecular formula is C9H14N2O3. The maximum absolute atomic E-state index is 10.8. The van der Waals surface area contributed by atoms with Crippen LogP contribution in [-0.4, -0.2) is 31.6 Å². The second kappa shape index (κ2) is 3.42. The first-order valence-corrected chi connectivity index (χ1v) is 4.30. The summed E-state index contributed by atoms with van der Waals surface area (Å²) in [5.74, 6) is -1.03. The minimum atomic E-state index is -1.03. The molecular weight excluding hydrogens is 184 g/mol. The lowest BCUT2D eigenvalue weighted by Crippen LogP contribution is -2.28. The highest BCUT2D eigenvalue weighted by molar-refractivity contribution is 5.85. The van der Waals surface area contributed by atoms with Crippen LogP contribution in [0.5, 0.6) is 0 Å².